The number of alkyl halides is 1. The van der Waals surface area contributed by atoms with Gasteiger partial charge in [0.2, 0.25) is 10.0 Å². The summed E-state index contributed by atoms with van der Waals surface area (Å²) < 4.78 is 31.0. The van der Waals surface area contributed by atoms with E-state index in [0.29, 0.717) is 17.3 Å². The number of halogens is 1. The summed E-state index contributed by atoms with van der Waals surface area (Å²) in [5.41, 5.74) is 0.984. The van der Waals surface area contributed by atoms with Crippen LogP contribution in [-0.4, -0.2) is 58.0 Å². The molecule has 0 bridgehead atoms. The first-order chi connectivity index (χ1) is 9.84. The van der Waals surface area contributed by atoms with E-state index in [4.69, 9.17) is 16.3 Å². The number of rotatable bonds is 4. The highest BCUT2D eigenvalue weighted by Gasteiger charge is 2.25. The van der Waals surface area contributed by atoms with E-state index in [-0.39, 0.29) is 12.2 Å². The number of sulfonamides is 1. The first kappa shape index (κ1) is 16.5. The monoisotopic (exact) mass is 332 g/mol. The van der Waals surface area contributed by atoms with E-state index in [2.05, 4.69) is 4.90 Å². The minimum absolute atomic E-state index is 0.000556. The SMILES string of the molecule is CC1CN(c2ccc(S(=O)(=O)N(C)C)cc2)CC(CCl)O1. The molecule has 0 aromatic heterocycles. The van der Waals surface area contributed by atoms with Crippen LogP contribution in [0, 0.1) is 0 Å². The van der Waals surface area contributed by atoms with Crippen molar-refractivity contribution in [3.8, 4) is 0 Å². The zero-order chi connectivity index (χ0) is 15.6. The summed E-state index contributed by atoms with van der Waals surface area (Å²) in [6.45, 7) is 3.50. The van der Waals surface area contributed by atoms with Gasteiger partial charge in [0.25, 0.3) is 0 Å². The van der Waals surface area contributed by atoms with Crippen LogP contribution in [0.5, 0.6) is 0 Å². The molecule has 0 N–H and O–H groups in total. The van der Waals surface area contributed by atoms with E-state index in [1.165, 1.54) is 18.4 Å². The second kappa shape index (κ2) is 6.52. The Kier molecular flexibility index (Phi) is 5.14. The molecule has 0 spiro atoms. The van der Waals surface area contributed by atoms with E-state index in [0.717, 1.165) is 12.2 Å². The van der Waals surface area contributed by atoms with Gasteiger partial charge in [0.1, 0.15) is 0 Å². The van der Waals surface area contributed by atoms with Gasteiger partial charge in [-0.3, -0.25) is 0 Å². The Balaban J connectivity index is 2.19. The molecule has 1 fully saturated rings. The molecule has 1 saturated heterocycles. The molecule has 2 atom stereocenters. The fourth-order valence-electron chi connectivity index (χ4n) is 2.38. The molecule has 1 aromatic carbocycles. The predicted molar refractivity (Wildman–Crippen MR) is 84.6 cm³/mol. The molecule has 1 aromatic rings. The number of hydrogen-bond donors (Lipinski definition) is 0. The largest absolute Gasteiger partial charge is 0.370 e. The topological polar surface area (TPSA) is 49.9 Å². The summed E-state index contributed by atoms with van der Waals surface area (Å²) in [5.74, 6) is 0.452. The van der Waals surface area contributed by atoms with Crippen LogP contribution in [0.25, 0.3) is 0 Å². The first-order valence-electron chi connectivity index (χ1n) is 6.83. The third-order valence-corrected chi connectivity index (χ3v) is 5.65. The van der Waals surface area contributed by atoms with Gasteiger partial charge in [-0.1, -0.05) is 0 Å². The molecule has 7 heteroatoms. The zero-order valence-electron chi connectivity index (χ0n) is 12.5. The summed E-state index contributed by atoms with van der Waals surface area (Å²) in [6.07, 6.45) is 0.105. The number of nitrogens with zero attached hydrogens (tertiary/aromatic N) is 2. The maximum absolute atomic E-state index is 12.0. The smallest absolute Gasteiger partial charge is 0.242 e. The average Bonchev–Trinajstić information content (AvgIpc) is 2.46. The molecule has 21 heavy (non-hydrogen) atoms. The van der Waals surface area contributed by atoms with E-state index < -0.39 is 10.0 Å². The van der Waals surface area contributed by atoms with Crippen molar-refractivity contribution in [2.75, 3.05) is 38.0 Å². The highest BCUT2D eigenvalue weighted by Crippen LogP contribution is 2.23. The van der Waals surface area contributed by atoms with E-state index >= 15 is 0 Å². The average molecular weight is 333 g/mol. The minimum Gasteiger partial charge on any atom is -0.370 e. The number of benzene rings is 1. The van der Waals surface area contributed by atoms with E-state index in [1.54, 1.807) is 12.1 Å². The first-order valence-corrected chi connectivity index (χ1v) is 8.81. The molecule has 0 radical (unpaired) electrons. The van der Waals surface area contributed by atoms with Gasteiger partial charge >= 0.3 is 0 Å². The Hall–Kier alpha value is -0.820. The third kappa shape index (κ3) is 3.69. The van der Waals surface area contributed by atoms with Crippen molar-refractivity contribution in [2.24, 2.45) is 0 Å². The Bertz CT molecular complexity index is 574. The van der Waals surface area contributed by atoms with Crippen LogP contribution in [0.3, 0.4) is 0 Å². The molecule has 1 aliphatic heterocycles. The highest BCUT2D eigenvalue weighted by atomic mass is 35.5. The zero-order valence-corrected chi connectivity index (χ0v) is 14.1. The van der Waals surface area contributed by atoms with E-state index in [1.807, 2.05) is 19.1 Å². The second-order valence-electron chi connectivity index (χ2n) is 5.41. The van der Waals surface area contributed by atoms with Crippen LogP contribution in [0.2, 0.25) is 0 Å². The van der Waals surface area contributed by atoms with Crippen molar-refractivity contribution in [1.82, 2.24) is 4.31 Å². The maximum Gasteiger partial charge on any atom is 0.242 e. The fourth-order valence-corrected chi connectivity index (χ4v) is 3.45. The van der Waals surface area contributed by atoms with Crippen molar-refractivity contribution >= 4 is 27.3 Å². The fraction of sp³-hybridized carbons (Fsp3) is 0.571. The molecule has 0 amide bonds. The summed E-state index contributed by atoms with van der Waals surface area (Å²) in [4.78, 5) is 2.47. The van der Waals surface area contributed by atoms with Crippen LogP contribution < -0.4 is 4.90 Å². The van der Waals surface area contributed by atoms with Gasteiger partial charge in [-0.2, -0.15) is 0 Å². The molecular formula is C14H21ClN2O3S. The van der Waals surface area contributed by atoms with Crippen LogP contribution in [0.15, 0.2) is 29.2 Å². The van der Waals surface area contributed by atoms with Gasteiger partial charge in [0.15, 0.2) is 0 Å². The quantitative estimate of drug-likeness (QED) is 0.788. The standard InChI is InChI=1S/C14H21ClN2O3S/c1-11-9-17(10-13(8-15)20-11)12-4-6-14(7-5-12)21(18,19)16(2)3/h4-7,11,13H,8-10H2,1-3H3. The summed E-state index contributed by atoms with van der Waals surface area (Å²) in [7, 11) is -0.330. The minimum atomic E-state index is -3.38. The third-order valence-electron chi connectivity index (χ3n) is 3.48. The van der Waals surface area contributed by atoms with Crippen LogP contribution in [0.4, 0.5) is 5.69 Å². The van der Waals surface area contributed by atoms with Crippen molar-refractivity contribution in [3.05, 3.63) is 24.3 Å². The molecule has 1 heterocycles. The summed E-state index contributed by atoms with van der Waals surface area (Å²) in [5, 5.41) is 0. The normalized spacial score (nSPS) is 23.6. The van der Waals surface area contributed by atoms with Crippen molar-refractivity contribution in [2.45, 2.75) is 24.0 Å². The van der Waals surface area contributed by atoms with Gasteiger partial charge in [-0.05, 0) is 31.2 Å². The van der Waals surface area contributed by atoms with Crippen molar-refractivity contribution in [1.29, 1.82) is 0 Å². The lowest BCUT2D eigenvalue weighted by Crippen LogP contribution is -2.47. The maximum atomic E-state index is 12.0. The number of anilines is 1. The molecule has 0 saturated carbocycles. The van der Waals surface area contributed by atoms with Gasteiger partial charge in [-0.25, -0.2) is 12.7 Å². The predicted octanol–water partition coefficient (Wildman–Crippen LogP) is 1.77. The molecule has 1 aliphatic rings. The van der Waals surface area contributed by atoms with Crippen LogP contribution in [-0.2, 0) is 14.8 Å². The Morgan fingerprint density at radius 3 is 2.43 bits per heavy atom. The lowest BCUT2D eigenvalue weighted by Gasteiger charge is -2.37. The summed E-state index contributed by atoms with van der Waals surface area (Å²) >= 11 is 5.88. The molecule has 118 valence electrons. The van der Waals surface area contributed by atoms with Gasteiger partial charge in [0.05, 0.1) is 23.0 Å². The lowest BCUT2D eigenvalue weighted by atomic mass is 10.2. The molecule has 0 aliphatic carbocycles. The number of morpholine rings is 1. The van der Waals surface area contributed by atoms with Gasteiger partial charge < -0.3 is 9.64 Å². The van der Waals surface area contributed by atoms with Crippen molar-refractivity contribution in [3.63, 3.8) is 0 Å². The van der Waals surface area contributed by atoms with E-state index in [9.17, 15) is 8.42 Å². The number of hydrogen-bond acceptors (Lipinski definition) is 4. The molecule has 2 rings (SSSR count). The van der Waals surface area contributed by atoms with Crippen LogP contribution in [0.1, 0.15) is 6.92 Å². The van der Waals surface area contributed by atoms with Crippen LogP contribution >= 0.6 is 11.6 Å². The number of ether oxygens (including phenoxy) is 1. The highest BCUT2D eigenvalue weighted by molar-refractivity contribution is 7.89. The Morgan fingerprint density at radius 1 is 1.29 bits per heavy atom. The lowest BCUT2D eigenvalue weighted by molar-refractivity contribution is -0.00333. The molecular weight excluding hydrogens is 312 g/mol. The Morgan fingerprint density at radius 2 is 1.90 bits per heavy atom. The van der Waals surface area contributed by atoms with Gasteiger partial charge in [0, 0.05) is 32.9 Å². The Labute approximate surface area is 131 Å². The van der Waals surface area contributed by atoms with Crippen molar-refractivity contribution < 1.29 is 13.2 Å². The van der Waals surface area contributed by atoms with Gasteiger partial charge in [-0.15, -0.1) is 11.6 Å². The second-order valence-corrected chi connectivity index (χ2v) is 7.87. The summed E-state index contributed by atoms with van der Waals surface area (Å²) in [6, 6.07) is 6.94. The molecule has 5 nitrogen and oxygen atoms in total. The molecule has 2 unspecified atom stereocenters.